The molecule has 1 amide bonds. The SMILES string of the molecule is C[C@@H](OC(=O)c1csc(S(N)(=O)=O)c1)C(=O)N[C@H](C)c1ccccc1. The van der Waals surface area contributed by atoms with Crippen LogP contribution in [0.25, 0.3) is 0 Å². The number of hydrogen-bond acceptors (Lipinski definition) is 6. The Labute approximate surface area is 149 Å². The summed E-state index contributed by atoms with van der Waals surface area (Å²) < 4.78 is 27.4. The fourth-order valence-electron chi connectivity index (χ4n) is 2.01. The molecule has 0 aliphatic rings. The van der Waals surface area contributed by atoms with Gasteiger partial charge in [0.15, 0.2) is 6.10 Å². The van der Waals surface area contributed by atoms with Gasteiger partial charge in [0, 0.05) is 5.38 Å². The molecule has 0 aliphatic carbocycles. The number of sulfonamides is 1. The lowest BCUT2D eigenvalue weighted by Gasteiger charge is -2.18. The summed E-state index contributed by atoms with van der Waals surface area (Å²) in [6.07, 6.45) is -1.03. The van der Waals surface area contributed by atoms with Crippen LogP contribution in [0, 0.1) is 0 Å². The molecule has 0 radical (unpaired) electrons. The topological polar surface area (TPSA) is 116 Å². The highest BCUT2D eigenvalue weighted by Crippen LogP contribution is 2.20. The predicted octanol–water partition coefficient (Wildman–Crippen LogP) is 1.82. The van der Waals surface area contributed by atoms with E-state index >= 15 is 0 Å². The molecule has 0 aliphatic heterocycles. The highest BCUT2D eigenvalue weighted by molar-refractivity contribution is 7.91. The van der Waals surface area contributed by atoms with E-state index in [1.165, 1.54) is 12.3 Å². The predicted molar refractivity (Wildman–Crippen MR) is 93.6 cm³/mol. The minimum atomic E-state index is -3.88. The fourth-order valence-corrected chi connectivity index (χ4v) is 3.59. The van der Waals surface area contributed by atoms with E-state index in [1.807, 2.05) is 37.3 Å². The molecule has 9 heteroatoms. The second-order valence-corrected chi connectivity index (χ2v) is 8.09. The summed E-state index contributed by atoms with van der Waals surface area (Å²) in [7, 11) is -3.88. The number of nitrogens with one attached hydrogen (secondary N) is 1. The normalized spacial score (nSPS) is 13.7. The van der Waals surface area contributed by atoms with E-state index in [0.29, 0.717) is 0 Å². The van der Waals surface area contributed by atoms with Crippen LogP contribution in [0.15, 0.2) is 46.0 Å². The Kier molecular flexibility index (Phi) is 5.93. The third-order valence-electron chi connectivity index (χ3n) is 3.40. The Morgan fingerprint density at radius 2 is 1.84 bits per heavy atom. The van der Waals surface area contributed by atoms with Gasteiger partial charge in [0.05, 0.1) is 11.6 Å². The molecule has 1 heterocycles. The molecule has 2 atom stereocenters. The van der Waals surface area contributed by atoms with Gasteiger partial charge in [0.25, 0.3) is 5.91 Å². The molecule has 2 rings (SSSR count). The molecule has 134 valence electrons. The highest BCUT2D eigenvalue weighted by Gasteiger charge is 2.22. The van der Waals surface area contributed by atoms with Crippen LogP contribution in [0.5, 0.6) is 0 Å². The van der Waals surface area contributed by atoms with E-state index in [9.17, 15) is 18.0 Å². The lowest BCUT2D eigenvalue weighted by atomic mass is 10.1. The first kappa shape index (κ1) is 19.1. The number of thiophene rings is 1. The molecule has 0 saturated carbocycles. The van der Waals surface area contributed by atoms with Crippen LogP contribution in [-0.2, 0) is 19.6 Å². The fraction of sp³-hybridized carbons (Fsp3) is 0.250. The minimum Gasteiger partial charge on any atom is -0.449 e. The van der Waals surface area contributed by atoms with Gasteiger partial charge in [-0.1, -0.05) is 30.3 Å². The first-order chi connectivity index (χ1) is 11.7. The number of hydrogen-bond donors (Lipinski definition) is 2. The Balaban J connectivity index is 1.96. The summed E-state index contributed by atoms with van der Waals surface area (Å²) in [5.74, 6) is -1.24. The van der Waals surface area contributed by atoms with E-state index in [2.05, 4.69) is 5.32 Å². The van der Waals surface area contributed by atoms with E-state index in [-0.39, 0.29) is 15.8 Å². The maximum Gasteiger partial charge on any atom is 0.339 e. The molecular formula is C16H18N2O5S2. The second-order valence-electron chi connectivity index (χ2n) is 5.39. The van der Waals surface area contributed by atoms with Crippen LogP contribution in [0.3, 0.4) is 0 Å². The lowest BCUT2D eigenvalue weighted by molar-refractivity contribution is -0.129. The van der Waals surface area contributed by atoms with Crippen LogP contribution in [0.2, 0.25) is 0 Å². The van der Waals surface area contributed by atoms with Crippen molar-refractivity contribution in [3.8, 4) is 0 Å². The molecular weight excluding hydrogens is 364 g/mol. The number of amides is 1. The van der Waals surface area contributed by atoms with Crippen molar-refractivity contribution >= 4 is 33.2 Å². The number of rotatable bonds is 6. The summed E-state index contributed by atoms with van der Waals surface area (Å²) >= 11 is 0.814. The zero-order chi connectivity index (χ0) is 18.6. The Hall–Kier alpha value is -2.23. The molecule has 0 unspecified atom stereocenters. The smallest absolute Gasteiger partial charge is 0.339 e. The maximum absolute atomic E-state index is 12.2. The molecule has 0 bridgehead atoms. The first-order valence-corrected chi connectivity index (χ1v) is 9.78. The quantitative estimate of drug-likeness (QED) is 0.739. The van der Waals surface area contributed by atoms with Crippen molar-refractivity contribution in [2.45, 2.75) is 30.2 Å². The largest absolute Gasteiger partial charge is 0.449 e. The Bertz CT molecular complexity index is 862. The van der Waals surface area contributed by atoms with Crippen LogP contribution >= 0.6 is 11.3 Å². The van der Waals surface area contributed by atoms with Crippen molar-refractivity contribution in [3.05, 3.63) is 52.9 Å². The van der Waals surface area contributed by atoms with Gasteiger partial charge in [-0.05, 0) is 25.5 Å². The average molecular weight is 382 g/mol. The Morgan fingerprint density at radius 3 is 2.40 bits per heavy atom. The second kappa shape index (κ2) is 7.77. The number of nitrogens with two attached hydrogens (primary N) is 1. The Morgan fingerprint density at radius 1 is 1.20 bits per heavy atom. The van der Waals surface area contributed by atoms with E-state index < -0.39 is 28.0 Å². The third kappa shape index (κ3) is 5.12. The van der Waals surface area contributed by atoms with Crippen LogP contribution < -0.4 is 10.5 Å². The van der Waals surface area contributed by atoms with Crippen molar-refractivity contribution in [1.82, 2.24) is 5.32 Å². The standard InChI is InChI=1S/C16H18N2O5S2/c1-10(12-6-4-3-5-7-12)18-15(19)11(2)23-16(20)13-8-14(24-9-13)25(17,21)22/h3-11H,1-2H3,(H,18,19)(H2,17,21,22)/t10-,11-/m1/s1. The highest BCUT2D eigenvalue weighted by atomic mass is 32.2. The summed E-state index contributed by atoms with van der Waals surface area (Å²) in [5, 5.41) is 9.07. The van der Waals surface area contributed by atoms with Crippen molar-refractivity contribution in [1.29, 1.82) is 0 Å². The van der Waals surface area contributed by atoms with Gasteiger partial charge in [-0.3, -0.25) is 4.79 Å². The van der Waals surface area contributed by atoms with Crippen LogP contribution in [0.4, 0.5) is 0 Å². The van der Waals surface area contributed by atoms with E-state index in [4.69, 9.17) is 9.88 Å². The van der Waals surface area contributed by atoms with Gasteiger partial charge in [-0.2, -0.15) is 0 Å². The molecule has 3 N–H and O–H groups in total. The van der Waals surface area contributed by atoms with E-state index in [0.717, 1.165) is 23.0 Å². The van der Waals surface area contributed by atoms with Crippen LogP contribution in [0.1, 0.15) is 35.8 Å². The number of primary sulfonamides is 1. The van der Waals surface area contributed by atoms with Crippen molar-refractivity contribution in [2.75, 3.05) is 0 Å². The number of carbonyl (C=O) groups excluding carboxylic acids is 2. The van der Waals surface area contributed by atoms with Gasteiger partial charge < -0.3 is 10.1 Å². The lowest BCUT2D eigenvalue weighted by Crippen LogP contribution is -2.37. The molecule has 2 aromatic rings. The van der Waals surface area contributed by atoms with Gasteiger partial charge in [0.1, 0.15) is 4.21 Å². The summed E-state index contributed by atoms with van der Waals surface area (Å²) in [6.45, 7) is 3.26. The third-order valence-corrected chi connectivity index (χ3v) is 5.79. The minimum absolute atomic E-state index is 0.0322. The zero-order valence-corrected chi connectivity index (χ0v) is 15.3. The van der Waals surface area contributed by atoms with Crippen molar-refractivity contribution in [2.24, 2.45) is 5.14 Å². The molecule has 7 nitrogen and oxygen atoms in total. The summed E-state index contributed by atoms with van der Waals surface area (Å²) in [5.41, 5.74) is 0.954. The van der Waals surface area contributed by atoms with E-state index in [1.54, 1.807) is 0 Å². The van der Waals surface area contributed by atoms with Gasteiger partial charge in [0.2, 0.25) is 10.0 Å². The van der Waals surface area contributed by atoms with Crippen molar-refractivity contribution in [3.63, 3.8) is 0 Å². The van der Waals surface area contributed by atoms with Crippen LogP contribution in [-0.4, -0.2) is 26.4 Å². The zero-order valence-electron chi connectivity index (χ0n) is 13.6. The van der Waals surface area contributed by atoms with Gasteiger partial charge in [-0.25, -0.2) is 18.4 Å². The monoisotopic (exact) mass is 382 g/mol. The molecule has 0 saturated heterocycles. The molecule has 1 aromatic carbocycles. The molecule has 25 heavy (non-hydrogen) atoms. The summed E-state index contributed by atoms with van der Waals surface area (Å²) in [4.78, 5) is 24.2. The molecule has 0 fully saturated rings. The molecule has 1 aromatic heterocycles. The number of carbonyl (C=O) groups is 2. The van der Waals surface area contributed by atoms with Gasteiger partial charge >= 0.3 is 5.97 Å². The number of ether oxygens (including phenoxy) is 1. The number of benzene rings is 1. The molecule has 0 spiro atoms. The summed E-state index contributed by atoms with van der Waals surface area (Å²) in [6, 6.07) is 10.2. The van der Waals surface area contributed by atoms with Crippen molar-refractivity contribution < 1.29 is 22.7 Å². The average Bonchev–Trinajstić information content (AvgIpc) is 3.06. The number of esters is 1. The first-order valence-electron chi connectivity index (χ1n) is 7.36. The maximum atomic E-state index is 12.2. The van der Waals surface area contributed by atoms with Gasteiger partial charge in [-0.15, -0.1) is 11.3 Å².